The smallest absolute Gasteiger partial charge is 0.254 e. The van der Waals surface area contributed by atoms with E-state index in [1.807, 2.05) is 18.0 Å². The molecule has 0 saturated heterocycles. The Bertz CT molecular complexity index is 297. The standard InChI is InChI=1S/C11H18N2O/c1-6-9-7-13(11(3,4)5)8(2)12-10(9)14/h7H,2,6H2,1,3-5H3,(H,12,14). The zero-order valence-corrected chi connectivity index (χ0v) is 9.35. The average Bonchev–Trinajstić information content (AvgIpc) is 2.02. The summed E-state index contributed by atoms with van der Waals surface area (Å²) in [4.78, 5) is 13.4. The van der Waals surface area contributed by atoms with Gasteiger partial charge in [0.15, 0.2) is 0 Å². The highest BCUT2D eigenvalue weighted by Crippen LogP contribution is 2.23. The van der Waals surface area contributed by atoms with Gasteiger partial charge in [0, 0.05) is 17.3 Å². The SMILES string of the molecule is C=C1NC(=O)C(CC)=CN1C(C)(C)C. The average molecular weight is 194 g/mol. The van der Waals surface area contributed by atoms with Crippen LogP contribution in [0.1, 0.15) is 34.1 Å². The molecule has 3 heteroatoms. The third-order valence-electron chi connectivity index (χ3n) is 2.23. The number of amides is 1. The van der Waals surface area contributed by atoms with E-state index in [4.69, 9.17) is 0 Å². The summed E-state index contributed by atoms with van der Waals surface area (Å²) in [5.74, 6) is 0.623. The molecule has 0 spiro atoms. The van der Waals surface area contributed by atoms with Crippen molar-refractivity contribution in [2.24, 2.45) is 0 Å². The van der Waals surface area contributed by atoms with E-state index in [-0.39, 0.29) is 11.4 Å². The van der Waals surface area contributed by atoms with Gasteiger partial charge >= 0.3 is 0 Å². The molecular formula is C11H18N2O. The number of carbonyl (C=O) groups is 1. The fraction of sp³-hybridized carbons (Fsp3) is 0.545. The second kappa shape index (κ2) is 3.48. The number of rotatable bonds is 1. The normalized spacial score (nSPS) is 18.0. The van der Waals surface area contributed by atoms with Crippen molar-refractivity contribution in [2.45, 2.75) is 39.7 Å². The van der Waals surface area contributed by atoms with Crippen LogP contribution in [0.4, 0.5) is 0 Å². The second-order valence-electron chi connectivity index (χ2n) is 4.45. The molecule has 14 heavy (non-hydrogen) atoms. The molecule has 1 aliphatic rings. The lowest BCUT2D eigenvalue weighted by molar-refractivity contribution is -0.118. The summed E-state index contributed by atoms with van der Waals surface area (Å²) in [5.41, 5.74) is 0.748. The zero-order valence-electron chi connectivity index (χ0n) is 9.35. The Morgan fingerprint density at radius 3 is 2.50 bits per heavy atom. The summed E-state index contributed by atoms with van der Waals surface area (Å²) in [6.45, 7) is 12.1. The minimum absolute atomic E-state index is 0.0296. The van der Waals surface area contributed by atoms with Crippen LogP contribution < -0.4 is 5.32 Å². The molecule has 0 aromatic heterocycles. The van der Waals surface area contributed by atoms with E-state index < -0.39 is 0 Å². The maximum absolute atomic E-state index is 11.4. The van der Waals surface area contributed by atoms with Gasteiger partial charge in [0.05, 0.1) is 0 Å². The lowest BCUT2D eigenvalue weighted by Gasteiger charge is -2.39. The maximum atomic E-state index is 11.4. The monoisotopic (exact) mass is 194 g/mol. The van der Waals surface area contributed by atoms with E-state index in [2.05, 4.69) is 32.7 Å². The van der Waals surface area contributed by atoms with Gasteiger partial charge in [-0.2, -0.15) is 0 Å². The minimum Gasteiger partial charge on any atom is -0.329 e. The minimum atomic E-state index is -0.0504. The predicted octanol–water partition coefficient (Wildman–Crippen LogP) is 1.98. The number of carbonyl (C=O) groups excluding carboxylic acids is 1. The first-order valence-corrected chi connectivity index (χ1v) is 4.86. The molecule has 1 heterocycles. The predicted molar refractivity (Wildman–Crippen MR) is 57.2 cm³/mol. The van der Waals surface area contributed by atoms with Gasteiger partial charge in [-0.25, -0.2) is 0 Å². The molecule has 0 fully saturated rings. The molecule has 0 aromatic carbocycles. The Labute approximate surface area is 85.5 Å². The summed E-state index contributed by atoms with van der Waals surface area (Å²) < 4.78 is 0. The zero-order chi connectivity index (χ0) is 10.9. The molecule has 0 aromatic rings. The van der Waals surface area contributed by atoms with E-state index in [0.717, 1.165) is 12.0 Å². The van der Waals surface area contributed by atoms with Gasteiger partial charge < -0.3 is 10.2 Å². The molecule has 0 aliphatic carbocycles. The fourth-order valence-electron chi connectivity index (χ4n) is 1.41. The van der Waals surface area contributed by atoms with E-state index in [0.29, 0.717) is 5.82 Å². The topological polar surface area (TPSA) is 32.3 Å². The van der Waals surface area contributed by atoms with Crippen LogP contribution in [0.5, 0.6) is 0 Å². The molecule has 0 saturated carbocycles. The van der Waals surface area contributed by atoms with Crippen LogP contribution in [0, 0.1) is 0 Å². The Balaban J connectivity index is 3.03. The quantitative estimate of drug-likeness (QED) is 0.692. The number of hydrogen-bond acceptors (Lipinski definition) is 2. The summed E-state index contributed by atoms with van der Waals surface area (Å²) in [5, 5.41) is 2.76. The Morgan fingerprint density at radius 1 is 1.50 bits per heavy atom. The van der Waals surface area contributed by atoms with Crippen LogP contribution in [0.3, 0.4) is 0 Å². The Hall–Kier alpha value is -1.25. The van der Waals surface area contributed by atoms with Crippen molar-refractivity contribution in [3.8, 4) is 0 Å². The van der Waals surface area contributed by atoms with Crippen molar-refractivity contribution >= 4 is 5.91 Å². The van der Waals surface area contributed by atoms with Gasteiger partial charge in [-0.1, -0.05) is 13.5 Å². The molecule has 1 N–H and O–H groups in total. The van der Waals surface area contributed by atoms with Crippen LogP contribution in [0.2, 0.25) is 0 Å². The van der Waals surface area contributed by atoms with E-state index in [9.17, 15) is 4.79 Å². The molecule has 0 bridgehead atoms. The second-order valence-corrected chi connectivity index (χ2v) is 4.45. The van der Waals surface area contributed by atoms with Crippen molar-refractivity contribution in [3.05, 3.63) is 24.2 Å². The van der Waals surface area contributed by atoms with E-state index in [1.165, 1.54) is 0 Å². The van der Waals surface area contributed by atoms with Crippen molar-refractivity contribution in [2.75, 3.05) is 0 Å². The Morgan fingerprint density at radius 2 is 2.07 bits per heavy atom. The summed E-state index contributed by atoms with van der Waals surface area (Å²) in [6.07, 6.45) is 2.63. The van der Waals surface area contributed by atoms with Crippen molar-refractivity contribution in [3.63, 3.8) is 0 Å². The highest BCUT2D eigenvalue weighted by Gasteiger charge is 2.27. The van der Waals surface area contributed by atoms with Crippen molar-refractivity contribution < 1.29 is 4.79 Å². The van der Waals surface area contributed by atoms with Crippen LogP contribution in [0.15, 0.2) is 24.2 Å². The molecule has 0 unspecified atom stereocenters. The van der Waals surface area contributed by atoms with E-state index >= 15 is 0 Å². The van der Waals surface area contributed by atoms with Gasteiger partial charge in [-0.15, -0.1) is 0 Å². The highest BCUT2D eigenvalue weighted by molar-refractivity contribution is 5.95. The molecular weight excluding hydrogens is 176 g/mol. The van der Waals surface area contributed by atoms with Gasteiger partial charge in [-0.3, -0.25) is 4.79 Å². The summed E-state index contributed by atoms with van der Waals surface area (Å²) in [7, 11) is 0. The highest BCUT2D eigenvalue weighted by atomic mass is 16.2. The molecule has 1 amide bonds. The third-order valence-corrected chi connectivity index (χ3v) is 2.23. The first kappa shape index (κ1) is 10.8. The van der Waals surface area contributed by atoms with Crippen molar-refractivity contribution in [1.29, 1.82) is 0 Å². The van der Waals surface area contributed by atoms with Crippen molar-refractivity contribution in [1.82, 2.24) is 10.2 Å². The Kier molecular flexibility index (Phi) is 2.69. The van der Waals surface area contributed by atoms with Gasteiger partial charge in [0.25, 0.3) is 5.91 Å². The van der Waals surface area contributed by atoms with Gasteiger partial charge in [0.2, 0.25) is 0 Å². The maximum Gasteiger partial charge on any atom is 0.254 e. The van der Waals surface area contributed by atoms with Crippen LogP contribution in [-0.4, -0.2) is 16.3 Å². The molecule has 0 atom stereocenters. The van der Waals surface area contributed by atoms with E-state index in [1.54, 1.807) is 0 Å². The molecule has 1 aliphatic heterocycles. The third kappa shape index (κ3) is 1.97. The lowest BCUT2D eigenvalue weighted by Crippen LogP contribution is -2.46. The van der Waals surface area contributed by atoms with Gasteiger partial charge in [-0.05, 0) is 27.2 Å². The molecule has 78 valence electrons. The first-order valence-electron chi connectivity index (χ1n) is 4.86. The van der Waals surface area contributed by atoms with Crippen LogP contribution >= 0.6 is 0 Å². The number of hydrogen-bond donors (Lipinski definition) is 1. The summed E-state index contributed by atoms with van der Waals surface area (Å²) in [6, 6.07) is 0. The summed E-state index contributed by atoms with van der Waals surface area (Å²) >= 11 is 0. The van der Waals surface area contributed by atoms with Crippen LogP contribution in [-0.2, 0) is 4.79 Å². The molecule has 0 radical (unpaired) electrons. The number of nitrogens with one attached hydrogen (secondary N) is 1. The molecule has 3 nitrogen and oxygen atoms in total. The first-order chi connectivity index (χ1) is 6.36. The number of nitrogens with zero attached hydrogens (tertiary/aromatic N) is 1. The lowest BCUT2D eigenvalue weighted by atomic mass is 10.0. The molecule has 1 rings (SSSR count). The van der Waals surface area contributed by atoms with Gasteiger partial charge in [0.1, 0.15) is 5.82 Å². The van der Waals surface area contributed by atoms with Crippen LogP contribution in [0.25, 0.3) is 0 Å². The largest absolute Gasteiger partial charge is 0.329 e. The fourth-order valence-corrected chi connectivity index (χ4v) is 1.41.